The molecule has 2 N–H and O–H groups in total. The van der Waals surface area contributed by atoms with E-state index in [0.29, 0.717) is 46.8 Å². The number of amides is 1. The highest BCUT2D eigenvalue weighted by atomic mass is 32.2. The van der Waals surface area contributed by atoms with Crippen molar-refractivity contribution in [2.75, 3.05) is 35.4 Å². The molecule has 0 atom stereocenters. The molecule has 1 fully saturated rings. The van der Waals surface area contributed by atoms with Crippen LogP contribution in [0.15, 0.2) is 71.8 Å². The zero-order valence-corrected chi connectivity index (χ0v) is 26.3. The summed E-state index contributed by atoms with van der Waals surface area (Å²) in [4.78, 5) is 29.0. The zero-order valence-electron chi connectivity index (χ0n) is 25.5. The topological polar surface area (TPSA) is 131 Å². The third-order valence-corrected chi connectivity index (χ3v) is 9.98. The first-order chi connectivity index (χ1) is 22.0. The summed E-state index contributed by atoms with van der Waals surface area (Å²) in [6.45, 7) is 1.58. The van der Waals surface area contributed by atoms with Gasteiger partial charge in [0.2, 0.25) is 17.8 Å². The zero-order chi connectivity index (χ0) is 32.8. The van der Waals surface area contributed by atoms with Gasteiger partial charge in [-0.1, -0.05) is 13.0 Å². The lowest BCUT2D eigenvalue weighted by Gasteiger charge is -2.19. The molecule has 2 aromatic heterocycles. The van der Waals surface area contributed by atoms with Crippen molar-refractivity contribution in [3.8, 4) is 5.75 Å². The maximum atomic E-state index is 14.6. The van der Waals surface area contributed by atoms with Crippen LogP contribution in [0, 0.1) is 11.6 Å². The summed E-state index contributed by atoms with van der Waals surface area (Å²) >= 11 is 0. The van der Waals surface area contributed by atoms with E-state index < -0.39 is 32.8 Å². The second-order valence-electron chi connectivity index (χ2n) is 11.0. The van der Waals surface area contributed by atoms with Gasteiger partial charge in [-0.15, -0.1) is 0 Å². The van der Waals surface area contributed by atoms with Crippen LogP contribution < -0.4 is 20.3 Å². The fourth-order valence-corrected chi connectivity index (χ4v) is 6.30. The normalized spacial score (nSPS) is 13.8. The molecule has 0 spiro atoms. The highest BCUT2D eigenvalue weighted by molar-refractivity contribution is 7.91. The molecule has 6 rings (SSSR count). The molecule has 5 aromatic rings. The molecule has 11 nitrogen and oxygen atoms in total. The predicted octanol–water partition coefficient (Wildman–Crippen LogP) is 5.63. The van der Waals surface area contributed by atoms with Gasteiger partial charge in [-0.3, -0.25) is 10.1 Å². The molecule has 3 aromatic carbocycles. The van der Waals surface area contributed by atoms with Crippen LogP contribution in [0.3, 0.4) is 0 Å². The van der Waals surface area contributed by atoms with Gasteiger partial charge in [0, 0.05) is 25.9 Å². The van der Waals surface area contributed by atoms with Crippen molar-refractivity contribution in [2.45, 2.75) is 30.1 Å². The third kappa shape index (κ3) is 5.49. The first-order valence-corrected chi connectivity index (χ1v) is 16.1. The van der Waals surface area contributed by atoms with Gasteiger partial charge in [0.1, 0.15) is 28.7 Å². The number of aryl methyl sites for hydroxylation is 1. The summed E-state index contributed by atoms with van der Waals surface area (Å²) in [5.74, 6) is -0.369. The average molecular weight is 648 g/mol. The molecule has 1 saturated carbocycles. The number of carbonyl (C=O) groups excluding carboxylic acids is 1. The Morgan fingerprint density at radius 2 is 1.87 bits per heavy atom. The lowest BCUT2D eigenvalue weighted by atomic mass is 9.94. The van der Waals surface area contributed by atoms with Crippen LogP contribution in [0.2, 0.25) is 0 Å². The molecule has 238 valence electrons. The molecule has 2 heterocycles. The minimum Gasteiger partial charge on any atom is -0.495 e. The number of imidazole rings is 1. The number of anilines is 5. The number of rotatable bonds is 10. The Labute approximate surface area is 264 Å². The van der Waals surface area contributed by atoms with Gasteiger partial charge in [-0.25, -0.2) is 27.2 Å². The molecule has 0 aliphatic heterocycles. The number of hydrogen-bond donors (Lipinski definition) is 2. The number of para-hydroxylation sites is 1. The number of halogens is 2. The van der Waals surface area contributed by atoms with Crippen LogP contribution in [0.25, 0.3) is 11.0 Å². The summed E-state index contributed by atoms with van der Waals surface area (Å²) < 4.78 is 60.6. The van der Waals surface area contributed by atoms with Gasteiger partial charge in [-0.2, -0.15) is 4.98 Å². The van der Waals surface area contributed by atoms with E-state index in [1.54, 1.807) is 48.8 Å². The maximum Gasteiger partial charge on any atom is 0.237 e. The fraction of sp³-hybridized carbons (Fsp3) is 0.250. The number of sulfone groups is 1. The number of fused-ring (bicyclic) bond motifs is 1. The van der Waals surface area contributed by atoms with Crippen molar-refractivity contribution in [1.82, 2.24) is 19.5 Å². The Morgan fingerprint density at radius 3 is 2.59 bits per heavy atom. The maximum absolute atomic E-state index is 14.6. The number of hydrogen-bond acceptors (Lipinski definition) is 9. The minimum atomic E-state index is -3.46. The van der Waals surface area contributed by atoms with Gasteiger partial charge in [0.25, 0.3) is 0 Å². The number of carbonyl (C=O) groups is 1. The van der Waals surface area contributed by atoms with Crippen molar-refractivity contribution >= 4 is 55.9 Å². The molecule has 0 saturated heterocycles. The average Bonchev–Trinajstić information content (AvgIpc) is 3.81. The monoisotopic (exact) mass is 647 g/mol. The van der Waals surface area contributed by atoms with Crippen LogP contribution in [-0.2, 0) is 27.1 Å². The highest BCUT2D eigenvalue weighted by Gasteiger charge is 2.53. The Morgan fingerprint density at radius 1 is 1.09 bits per heavy atom. The van der Waals surface area contributed by atoms with E-state index in [1.165, 1.54) is 19.2 Å². The van der Waals surface area contributed by atoms with Gasteiger partial charge < -0.3 is 19.5 Å². The summed E-state index contributed by atoms with van der Waals surface area (Å²) in [6, 6.07) is 14.9. The first kappa shape index (κ1) is 30.9. The number of aromatic nitrogens is 4. The van der Waals surface area contributed by atoms with Crippen LogP contribution >= 0.6 is 0 Å². The van der Waals surface area contributed by atoms with Crippen LogP contribution in [0.4, 0.5) is 37.9 Å². The van der Waals surface area contributed by atoms with Crippen molar-refractivity contribution in [2.24, 2.45) is 7.05 Å². The Bertz CT molecular complexity index is 2100. The van der Waals surface area contributed by atoms with E-state index in [-0.39, 0.29) is 28.1 Å². The van der Waals surface area contributed by atoms with E-state index in [9.17, 15) is 22.0 Å². The van der Waals surface area contributed by atoms with Crippen molar-refractivity contribution in [1.29, 1.82) is 0 Å². The Hall–Kier alpha value is -5.11. The fourth-order valence-electron chi connectivity index (χ4n) is 5.40. The summed E-state index contributed by atoms with van der Waals surface area (Å²) in [6.07, 6.45) is 2.35. The smallest absolute Gasteiger partial charge is 0.237 e. The summed E-state index contributed by atoms with van der Waals surface area (Å²) in [5.41, 5.74) is 1.22. The van der Waals surface area contributed by atoms with Crippen molar-refractivity contribution < 1.29 is 26.7 Å². The summed E-state index contributed by atoms with van der Waals surface area (Å²) in [7, 11) is 1.57. The highest BCUT2D eigenvalue weighted by Crippen LogP contribution is 2.50. The van der Waals surface area contributed by atoms with E-state index in [2.05, 4.69) is 20.6 Å². The Balaban J connectivity index is 1.29. The first-order valence-electron chi connectivity index (χ1n) is 14.4. The Kier molecular flexibility index (Phi) is 7.84. The molecule has 1 aliphatic rings. The quantitative estimate of drug-likeness (QED) is 0.198. The number of nitrogens with zero attached hydrogens (tertiary/aromatic N) is 5. The second kappa shape index (κ2) is 11.7. The molecule has 14 heteroatoms. The van der Waals surface area contributed by atoms with Crippen molar-refractivity contribution in [3.63, 3.8) is 0 Å². The summed E-state index contributed by atoms with van der Waals surface area (Å²) in [5, 5.41) is 5.90. The molecular formula is C32H31F2N7O4S. The van der Waals surface area contributed by atoms with E-state index in [1.807, 2.05) is 18.2 Å². The molecule has 0 unspecified atom stereocenters. The van der Waals surface area contributed by atoms with E-state index in [0.717, 1.165) is 18.2 Å². The molecular weight excluding hydrogens is 616 g/mol. The van der Waals surface area contributed by atoms with Gasteiger partial charge in [0.05, 0.1) is 40.1 Å². The molecule has 0 bridgehead atoms. The standard InChI is InChI=1S/C32H31F2N7O4S/c1-5-46(43,44)20-10-12-26(45-4)23(18-20)36-30-35-16-13-27(37-30)40(2)24-7-6-8-25-28(24)38-31(41(25)3)39-29(42)32(14-15-32)21-17-19(33)9-11-22(21)34/h6-13,16-18H,5,14-15H2,1-4H3,(H,35,36,37)(H,38,39,42). The lowest BCUT2D eigenvalue weighted by molar-refractivity contribution is -0.118. The van der Waals surface area contributed by atoms with E-state index in [4.69, 9.17) is 9.72 Å². The van der Waals surface area contributed by atoms with Gasteiger partial charge in [-0.05, 0) is 67.4 Å². The number of nitrogens with one attached hydrogen (secondary N) is 2. The second-order valence-corrected chi connectivity index (χ2v) is 13.3. The molecule has 46 heavy (non-hydrogen) atoms. The number of methoxy groups -OCH3 is 1. The van der Waals surface area contributed by atoms with Gasteiger partial charge >= 0.3 is 0 Å². The van der Waals surface area contributed by atoms with Crippen LogP contribution in [0.5, 0.6) is 5.75 Å². The van der Waals surface area contributed by atoms with E-state index >= 15 is 0 Å². The minimum absolute atomic E-state index is 0.0358. The SMILES string of the molecule is CCS(=O)(=O)c1ccc(OC)c(Nc2nccc(N(C)c3cccc4c3nc(NC(=O)C3(c5cc(F)ccc5F)CC3)n4C)n2)c1. The lowest BCUT2D eigenvalue weighted by Crippen LogP contribution is -2.30. The molecule has 1 amide bonds. The van der Waals surface area contributed by atoms with Crippen molar-refractivity contribution in [3.05, 3.63) is 84.1 Å². The predicted molar refractivity (Wildman–Crippen MR) is 171 cm³/mol. The van der Waals surface area contributed by atoms with Crippen LogP contribution in [0.1, 0.15) is 25.3 Å². The third-order valence-electron chi connectivity index (χ3n) is 8.25. The van der Waals surface area contributed by atoms with Crippen LogP contribution in [-0.4, -0.2) is 53.8 Å². The molecule has 0 radical (unpaired) electrons. The van der Waals surface area contributed by atoms with Gasteiger partial charge in [0.15, 0.2) is 9.84 Å². The molecule has 1 aliphatic carbocycles. The number of ether oxygens (including phenoxy) is 1. The largest absolute Gasteiger partial charge is 0.495 e. The number of benzene rings is 3.